The van der Waals surface area contributed by atoms with Crippen molar-refractivity contribution in [3.8, 4) is 22.8 Å². The highest BCUT2D eigenvalue weighted by atomic mass is 19.1. The van der Waals surface area contributed by atoms with E-state index in [2.05, 4.69) is 4.98 Å². The second kappa shape index (κ2) is 4.57. The number of nitrogens with zero attached hydrogens (tertiary/aromatic N) is 1. The summed E-state index contributed by atoms with van der Waals surface area (Å²) in [5, 5.41) is 0. The summed E-state index contributed by atoms with van der Waals surface area (Å²) in [5.74, 6) is 0.801. The summed E-state index contributed by atoms with van der Waals surface area (Å²) in [5.41, 5.74) is 7.99. The van der Waals surface area contributed by atoms with Gasteiger partial charge >= 0.3 is 0 Å². The predicted octanol–water partition coefficient (Wildman–Crippen LogP) is 3.73. The molecule has 3 nitrogen and oxygen atoms in total. The van der Waals surface area contributed by atoms with Crippen LogP contribution >= 0.6 is 0 Å². The molecule has 0 aliphatic rings. The lowest BCUT2D eigenvalue weighted by Crippen LogP contribution is -1.83. The molecule has 94 valence electrons. The molecule has 2 N–H and O–H groups in total. The third-order valence-corrected chi connectivity index (χ3v) is 2.77. The number of benzene rings is 2. The third-order valence-electron chi connectivity index (χ3n) is 2.77. The summed E-state index contributed by atoms with van der Waals surface area (Å²) in [6.07, 6.45) is 1.63. The Morgan fingerprint density at radius 2 is 1.79 bits per heavy atom. The molecule has 0 amide bonds. The molecule has 3 rings (SSSR count). The first-order chi connectivity index (χ1) is 9.22. The number of oxazole rings is 1. The Bertz CT molecular complexity index is 704. The monoisotopic (exact) mass is 254 g/mol. The zero-order chi connectivity index (χ0) is 13.2. The van der Waals surface area contributed by atoms with Crippen molar-refractivity contribution in [1.29, 1.82) is 0 Å². The Kier molecular flexibility index (Phi) is 2.76. The molecular formula is C15H11FN2O. The minimum Gasteiger partial charge on any atom is -0.436 e. The lowest BCUT2D eigenvalue weighted by Gasteiger charge is -1.98. The van der Waals surface area contributed by atoms with E-state index in [1.807, 2.05) is 18.2 Å². The molecule has 0 aliphatic carbocycles. The molecule has 0 saturated carbocycles. The zero-order valence-corrected chi connectivity index (χ0v) is 10.0. The summed E-state index contributed by atoms with van der Waals surface area (Å²) in [6.45, 7) is 0. The van der Waals surface area contributed by atoms with E-state index in [0.717, 1.165) is 11.1 Å². The van der Waals surface area contributed by atoms with E-state index in [0.29, 0.717) is 17.3 Å². The van der Waals surface area contributed by atoms with Crippen molar-refractivity contribution in [1.82, 2.24) is 4.98 Å². The Labute approximate surface area is 109 Å². The van der Waals surface area contributed by atoms with Crippen LogP contribution in [-0.4, -0.2) is 4.98 Å². The molecule has 0 saturated heterocycles. The summed E-state index contributed by atoms with van der Waals surface area (Å²) in [4.78, 5) is 4.19. The number of aromatic nitrogens is 1. The topological polar surface area (TPSA) is 52.0 Å². The number of halogens is 1. The lowest BCUT2D eigenvalue weighted by molar-refractivity contribution is 0.588. The van der Waals surface area contributed by atoms with Gasteiger partial charge in [0.05, 0.1) is 6.20 Å². The van der Waals surface area contributed by atoms with Crippen LogP contribution in [0.4, 0.5) is 10.1 Å². The van der Waals surface area contributed by atoms with Gasteiger partial charge in [-0.05, 0) is 36.4 Å². The SMILES string of the molecule is Nc1cccc(-c2cnc(-c3ccc(F)cc3)o2)c1. The number of hydrogen-bond acceptors (Lipinski definition) is 3. The van der Waals surface area contributed by atoms with Crippen LogP contribution in [0.2, 0.25) is 0 Å². The van der Waals surface area contributed by atoms with Gasteiger partial charge < -0.3 is 10.2 Å². The second-order valence-corrected chi connectivity index (χ2v) is 4.16. The van der Waals surface area contributed by atoms with E-state index in [4.69, 9.17) is 10.2 Å². The molecule has 19 heavy (non-hydrogen) atoms. The van der Waals surface area contributed by atoms with Crippen LogP contribution in [0, 0.1) is 5.82 Å². The van der Waals surface area contributed by atoms with Crippen LogP contribution in [0.1, 0.15) is 0 Å². The fourth-order valence-corrected chi connectivity index (χ4v) is 1.83. The first kappa shape index (κ1) is 11.5. The molecule has 2 aromatic carbocycles. The Hall–Kier alpha value is -2.62. The smallest absolute Gasteiger partial charge is 0.226 e. The maximum Gasteiger partial charge on any atom is 0.226 e. The average Bonchev–Trinajstić information content (AvgIpc) is 2.89. The average molecular weight is 254 g/mol. The van der Waals surface area contributed by atoms with E-state index in [1.165, 1.54) is 12.1 Å². The van der Waals surface area contributed by atoms with E-state index in [1.54, 1.807) is 24.4 Å². The highest BCUT2D eigenvalue weighted by molar-refractivity contribution is 5.64. The van der Waals surface area contributed by atoms with Crippen LogP contribution < -0.4 is 5.73 Å². The molecule has 1 heterocycles. The van der Waals surface area contributed by atoms with Crippen LogP contribution in [-0.2, 0) is 0 Å². The van der Waals surface area contributed by atoms with Gasteiger partial charge in [-0.15, -0.1) is 0 Å². The molecular weight excluding hydrogens is 243 g/mol. The fraction of sp³-hybridized carbons (Fsp3) is 0. The van der Waals surface area contributed by atoms with Crippen molar-refractivity contribution in [3.63, 3.8) is 0 Å². The highest BCUT2D eigenvalue weighted by Crippen LogP contribution is 2.26. The highest BCUT2D eigenvalue weighted by Gasteiger charge is 2.08. The number of anilines is 1. The van der Waals surface area contributed by atoms with E-state index >= 15 is 0 Å². The summed E-state index contributed by atoms with van der Waals surface area (Å²) in [6, 6.07) is 13.4. The maximum atomic E-state index is 12.9. The Morgan fingerprint density at radius 1 is 1.00 bits per heavy atom. The molecule has 3 aromatic rings. The summed E-state index contributed by atoms with van der Waals surface area (Å²) in [7, 11) is 0. The third kappa shape index (κ3) is 2.33. The molecule has 0 radical (unpaired) electrons. The van der Waals surface area contributed by atoms with Gasteiger partial charge in [-0.3, -0.25) is 0 Å². The quantitative estimate of drug-likeness (QED) is 0.709. The van der Waals surface area contributed by atoms with Gasteiger partial charge in [-0.2, -0.15) is 0 Å². The van der Waals surface area contributed by atoms with Crippen molar-refractivity contribution in [3.05, 3.63) is 60.5 Å². The molecule has 0 fully saturated rings. The first-order valence-electron chi connectivity index (χ1n) is 5.80. The van der Waals surface area contributed by atoms with Crippen molar-refractivity contribution >= 4 is 5.69 Å². The van der Waals surface area contributed by atoms with E-state index in [9.17, 15) is 4.39 Å². The van der Waals surface area contributed by atoms with Crippen LogP contribution in [0.3, 0.4) is 0 Å². The second-order valence-electron chi connectivity index (χ2n) is 4.16. The van der Waals surface area contributed by atoms with E-state index < -0.39 is 0 Å². The van der Waals surface area contributed by atoms with Crippen molar-refractivity contribution in [2.75, 3.05) is 5.73 Å². The molecule has 0 unspecified atom stereocenters. The van der Waals surface area contributed by atoms with Crippen molar-refractivity contribution in [2.45, 2.75) is 0 Å². The Balaban J connectivity index is 1.97. The van der Waals surface area contributed by atoms with Crippen molar-refractivity contribution in [2.24, 2.45) is 0 Å². The maximum absolute atomic E-state index is 12.9. The summed E-state index contributed by atoms with van der Waals surface area (Å²) < 4.78 is 18.5. The Morgan fingerprint density at radius 3 is 2.53 bits per heavy atom. The standard InChI is InChI=1S/C15H11FN2O/c16-12-6-4-10(5-7-12)15-18-9-14(19-15)11-2-1-3-13(17)8-11/h1-9H,17H2. The van der Waals surface area contributed by atoms with Gasteiger partial charge in [0.1, 0.15) is 5.82 Å². The molecule has 1 aromatic heterocycles. The van der Waals surface area contributed by atoms with Crippen LogP contribution in [0.5, 0.6) is 0 Å². The molecule has 0 bridgehead atoms. The van der Waals surface area contributed by atoms with Crippen LogP contribution in [0.15, 0.2) is 59.1 Å². The minimum atomic E-state index is -0.286. The van der Waals surface area contributed by atoms with Gasteiger partial charge in [0.25, 0.3) is 0 Å². The normalized spacial score (nSPS) is 10.6. The molecule has 0 aliphatic heterocycles. The molecule has 0 spiro atoms. The summed E-state index contributed by atoms with van der Waals surface area (Å²) >= 11 is 0. The van der Waals surface area contributed by atoms with Gasteiger partial charge in [-0.25, -0.2) is 9.37 Å². The molecule has 0 atom stereocenters. The number of rotatable bonds is 2. The fourth-order valence-electron chi connectivity index (χ4n) is 1.83. The largest absolute Gasteiger partial charge is 0.436 e. The number of nitrogens with two attached hydrogens (primary N) is 1. The predicted molar refractivity (Wildman–Crippen MR) is 71.7 cm³/mol. The lowest BCUT2D eigenvalue weighted by atomic mass is 10.2. The van der Waals surface area contributed by atoms with Gasteiger partial charge in [0, 0.05) is 16.8 Å². The first-order valence-corrected chi connectivity index (χ1v) is 5.80. The van der Waals surface area contributed by atoms with Gasteiger partial charge in [0.15, 0.2) is 5.76 Å². The minimum absolute atomic E-state index is 0.286. The number of nitrogen functional groups attached to an aromatic ring is 1. The van der Waals surface area contributed by atoms with Gasteiger partial charge in [-0.1, -0.05) is 12.1 Å². The zero-order valence-electron chi connectivity index (χ0n) is 10.0. The van der Waals surface area contributed by atoms with Crippen molar-refractivity contribution < 1.29 is 8.81 Å². The molecule has 4 heteroatoms. The number of hydrogen-bond donors (Lipinski definition) is 1. The van der Waals surface area contributed by atoms with Crippen LogP contribution in [0.25, 0.3) is 22.8 Å². The van der Waals surface area contributed by atoms with E-state index in [-0.39, 0.29) is 5.82 Å². The van der Waals surface area contributed by atoms with Gasteiger partial charge in [0.2, 0.25) is 5.89 Å².